The van der Waals surface area contributed by atoms with Gasteiger partial charge in [0.1, 0.15) is 4.90 Å². The Hall–Kier alpha value is -1.32. The second kappa shape index (κ2) is 8.20. The lowest BCUT2D eigenvalue weighted by Crippen LogP contribution is -2.52. The Morgan fingerprint density at radius 2 is 1.64 bits per heavy atom. The largest absolute Gasteiger partial charge is 0.416 e. The first-order chi connectivity index (χ1) is 13.1. The molecule has 2 aliphatic rings. The van der Waals surface area contributed by atoms with E-state index in [0.29, 0.717) is 6.07 Å². The van der Waals surface area contributed by atoms with E-state index in [1.54, 1.807) is 4.90 Å². The maximum absolute atomic E-state index is 13.0. The highest BCUT2D eigenvalue weighted by molar-refractivity contribution is 7.89. The fourth-order valence-electron chi connectivity index (χ4n) is 3.77. The Morgan fingerprint density at radius 3 is 2.21 bits per heavy atom. The lowest BCUT2D eigenvalue weighted by molar-refractivity contribution is -0.138. The molecule has 1 saturated heterocycles. The highest BCUT2D eigenvalue weighted by Gasteiger charge is 2.36. The molecule has 1 saturated carbocycles. The summed E-state index contributed by atoms with van der Waals surface area (Å²) in [7, 11) is -4.19. The molecule has 1 amide bonds. The Bertz CT molecular complexity index is 831. The van der Waals surface area contributed by atoms with Crippen molar-refractivity contribution in [2.24, 2.45) is 5.92 Å². The van der Waals surface area contributed by atoms with Crippen LogP contribution in [-0.4, -0.2) is 49.7 Å². The van der Waals surface area contributed by atoms with E-state index >= 15 is 0 Å². The summed E-state index contributed by atoms with van der Waals surface area (Å²) in [6.07, 6.45) is 0.236. The van der Waals surface area contributed by atoms with Gasteiger partial charge in [0.2, 0.25) is 15.9 Å². The zero-order valence-corrected chi connectivity index (χ0v) is 16.8. The first kappa shape index (κ1) is 21.4. The van der Waals surface area contributed by atoms with E-state index in [0.717, 1.165) is 48.5 Å². The number of benzene rings is 1. The molecule has 0 atom stereocenters. The maximum atomic E-state index is 13.0. The van der Waals surface area contributed by atoms with Crippen molar-refractivity contribution >= 4 is 27.5 Å². The normalized spacial score (nSPS) is 20.4. The van der Waals surface area contributed by atoms with Crippen LogP contribution in [0.4, 0.5) is 13.2 Å². The summed E-state index contributed by atoms with van der Waals surface area (Å²) >= 11 is 5.89. The first-order valence-electron chi connectivity index (χ1n) is 9.26. The molecular formula is C18H22ClF3N2O3S. The van der Waals surface area contributed by atoms with Crippen LogP contribution in [0.3, 0.4) is 0 Å². The summed E-state index contributed by atoms with van der Waals surface area (Å²) in [6, 6.07) is 2.26. The van der Waals surface area contributed by atoms with Gasteiger partial charge in [-0.15, -0.1) is 0 Å². The van der Waals surface area contributed by atoms with Crippen LogP contribution in [0.5, 0.6) is 0 Å². The van der Waals surface area contributed by atoms with Crippen molar-refractivity contribution in [2.75, 3.05) is 26.2 Å². The SMILES string of the molecule is O=C(C1CCCCC1)N1CCN(S(=O)(=O)c2cc(C(F)(F)F)ccc2Cl)CC1. The molecule has 1 aliphatic carbocycles. The smallest absolute Gasteiger partial charge is 0.340 e. The van der Waals surface area contributed by atoms with Gasteiger partial charge in [0.05, 0.1) is 10.6 Å². The molecule has 10 heteroatoms. The van der Waals surface area contributed by atoms with Crippen LogP contribution >= 0.6 is 11.6 Å². The molecule has 156 valence electrons. The average molecular weight is 439 g/mol. The molecule has 3 rings (SSSR count). The zero-order valence-electron chi connectivity index (χ0n) is 15.2. The monoisotopic (exact) mass is 438 g/mol. The lowest BCUT2D eigenvalue weighted by atomic mass is 9.88. The number of carbonyl (C=O) groups excluding carboxylic acids is 1. The van der Waals surface area contributed by atoms with Crippen molar-refractivity contribution < 1.29 is 26.4 Å². The topological polar surface area (TPSA) is 57.7 Å². The van der Waals surface area contributed by atoms with E-state index in [1.165, 1.54) is 0 Å². The van der Waals surface area contributed by atoms with E-state index in [4.69, 9.17) is 11.6 Å². The molecule has 28 heavy (non-hydrogen) atoms. The summed E-state index contributed by atoms with van der Waals surface area (Å²) in [5.74, 6) is 0.0451. The van der Waals surface area contributed by atoms with Gasteiger partial charge in [-0.3, -0.25) is 4.79 Å². The molecule has 0 bridgehead atoms. The summed E-state index contributed by atoms with van der Waals surface area (Å²) in [6.45, 7) is 0.525. The van der Waals surface area contributed by atoms with Gasteiger partial charge in [-0.05, 0) is 31.0 Å². The minimum absolute atomic E-state index is 0.00480. The molecule has 1 aromatic rings. The van der Waals surface area contributed by atoms with Gasteiger partial charge in [-0.2, -0.15) is 17.5 Å². The minimum atomic E-state index is -4.67. The molecule has 0 N–H and O–H groups in total. The zero-order chi connectivity index (χ0) is 20.5. The van der Waals surface area contributed by atoms with Crippen LogP contribution in [0.2, 0.25) is 5.02 Å². The molecule has 2 fully saturated rings. The third-order valence-electron chi connectivity index (χ3n) is 5.38. The number of carbonyl (C=O) groups is 1. The quantitative estimate of drug-likeness (QED) is 0.721. The second-order valence-corrected chi connectivity index (χ2v) is 9.52. The number of rotatable bonds is 3. The van der Waals surface area contributed by atoms with E-state index in [1.807, 2.05) is 0 Å². The van der Waals surface area contributed by atoms with Crippen LogP contribution in [0.1, 0.15) is 37.7 Å². The van der Waals surface area contributed by atoms with Crippen molar-refractivity contribution in [1.82, 2.24) is 9.21 Å². The van der Waals surface area contributed by atoms with Gasteiger partial charge in [-0.25, -0.2) is 8.42 Å². The average Bonchev–Trinajstić information content (AvgIpc) is 2.67. The molecule has 0 aromatic heterocycles. The Kier molecular flexibility index (Phi) is 6.26. The van der Waals surface area contributed by atoms with Crippen LogP contribution < -0.4 is 0 Å². The highest BCUT2D eigenvalue weighted by atomic mass is 35.5. The van der Waals surface area contributed by atoms with Crippen molar-refractivity contribution in [3.05, 3.63) is 28.8 Å². The van der Waals surface area contributed by atoms with Crippen molar-refractivity contribution in [1.29, 1.82) is 0 Å². The van der Waals surface area contributed by atoms with Gasteiger partial charge in [0.15, 0.2) is 0 Å². The Labute approximate surface area is 167 Å². The van der Waals surface area contributed by atoms with Crippen LogP contribution in [0, 0.1) is 5.92 Å². The van der Waals surface area contributed by atoms with E-state index in [9.17, 15) is 26.4 Å². The minimum Gasteiger partial charge on any atom is -0.340 e. The van der Waals surface area contributed by atoms with Crippen molar-refractivity contribution in [3.63, 3.8) is 0 Å². The van der Waals surface area contributed by atoms with E-state index in [-0.39, 0.29) is 43.0 Å². The predicted molar refractivity (Wildman–Crippen MR) is 98.4 cm³/mol. The summed E-state index contributed by atoms with van der Waals surface area (Å²) < 4.78 is 65.6. The standard InChI is InChI=1S/C18H22ClF3N2O3S/c19-15-7-6-14(18(20,21)22)12-16(15)28(26,27)24-10-8-23(9-11-24)17(25)13-4-2-1-3-5-13/h6-7,12-13H,1-5,8-11H2. The molecule has 0 unspecified atom stereocenters. The second-order valence-electron chi connectivity index (χ2n) is 7.21. The fraction of sp³-hybridized carbons (Fsp3) is 0.611. The van der Waals surface area contributed by atoms with Gasteiger partial charge in [0, 0.05) is 32.1 Å². The van der Waals surface area contributed by atoms with Crippen LogP contribution in [-0.2, 0) is 21.0 Å². The summed E-state index contributed by atoms with van der Waals surface area (Å²) in [5, 5.41) is -0.256. The fourth-order valence-corrected chi connectivity index (χ4v) is 5.70. The predicted octanol–water partition coefficient (Wildman–Crippen LogP) is 3.77. The Morgan fingerprint density at radius 1 is 1.04 bits per heavy atom. The van der Waals surface area contributed by atoms with Gasteiger partial charge in [0.25, 0.3) is 0 Å². The molecule has 1 heterocycles. The molecular weight excluding hydrogens is 417 g/mol. The highest BCUT2D eigenvalue weighted by Crippen LogP contribution is 2.34. The number of hydrogen-bond donors (Lipinski definition) is 0. The van der Waals surface area contributed by atoms with E-state index in [2.05, 4.69) is 0 Å². The van der Waals surface area contributed by atoms with Gasteiger partial charge < -0.3 is 4.90 Å². The number of alkyl halides is 3. The number of halogens is 4. The molecule has 5 nitrogen and oxygen atoms in total. The van der Waals surface area contributed by atoms with Crippen molar-refractivity contribution in [3.8, 4) is 0 Å². The number of piperazine rings is 1. The molecule has 1 aromatic carbocycles. The van der Waals surface area contributed by atoms with Crippen LogP contribution in [0.15, 0.2) is 23.1 Å². The lowest BCUT2D eigenvalue weighted by Gasteiger charge is -2.36. The maximum Gasteiger partial charge on any atom is 0.416 e. The van der Waals surface area contributed by atoms with E-state index < -0.39 is 26.7 Å². The first-order valence-corrected chi connectivity index (χ1v) is 11.1. The summed E-state index contributed by atoms with van der Waals surface area (Å²) in [4.78, 5) is 13.7. The molecule has 1 aliphatic heterocycles. The third kappa shape index (κ3) is 4.46. The number of nitrogens with zero attached hydrogens (tertiary/aromatic N) is 2. The number of hydrogen-bond acceptors (Lipinski definition) is 3. The Balaban J connectivity index is 1.72. The number of sulfonamides is 1. The third-order valence-corrected chi connectivity index (χ3v) is 7.76. The molecule has 0 radical (unpaired) electrons. The van der Waals surface area contributed by atoms with Gasteiger partial charge >= 0.3 is 6.18 Å². The molecule has 0 spiro atoms. The van der Waals surface area contributed by atoms with Crippen LogP contribution in [0.25, 0.3) is 0 Å². The number of amides is 1. The van der Waals surface area contributed by atoms with Gasteiger partial charge in [-0.1, -0.05) is 30.9 Å². The summed E-state index contributed by atoms with van der Waals surface area (Å²) in [5.41, 5.74) is -1.07. The van der Waals surface area contributed by atoms with Crippen molar-refractivity contribution in [2.45, 2.75) is 43.2 Å².